The standard InChI is InChI=1S/C3AsN3/c5-1-4(2-6)3-7. The summed E-state index contributed by atoms with van der Waals surface area (Å²) < 4.78 is 0. The molecule has 0 saturated heterocycles. The van der Waals surface area contributed by atoms with Gasteiger partial charge in [0.15, 0.2) is 0 Å². The second-order valence-electron chi connectivity index (χ2n) is 0.635. The zero-order valence-electron chi connectivity index (χ0n) is 3.29. The van der Waals surface area contributed by atoms with Crippen LogP contribution in [0.5, 0.6) is 0 Å². The molecule has 0 N–H and O–H groups in total. The fourth-order valence-electron chi connectivity index (χ4n) is 0.0671. The Morgan fingerprint density at radius 2 is 1.14 bits per heavy atom. The van der Waals surface area contributed by atoms with Gasteiger partial charge in [-0.1, -0.05) is 0 Å². The van der Waals surface area contributed by atoms with E-state index in [1.165, 1.54) is 0 Å². The Bertz CT molecular complexity index is 133. The molecule has 4 heteroatoms. The van der Waals surface area contributed by atoms with Crippen LogP contribution in [0.15, 0.2) is 0 Å². The van der Waals surface area contributed by atoms with Crippen molar-refractivity contribution < 1.29 is 0 Å². The molecular formula is C3AsN3. The second-order valence-corrected chi connectivity index (χ2v) is 3.30. The van der Waals surface area contributed by atoms with Crippen LogP contribution in [0.4, 0.5) is 0 Å². The van der Waals surface area contributed by atoms with Crippen molar-refractivity contribution in [1.29, 1.82) is 15.8 Å². The van der Waals surface area contributed by atoms with E-state index in [0.29, 0.717) is 0 Å². The third-order valence-electron chi connectivity index (χ3n) is 0.300. The van der Waals surface area contributed by atoms with Crippen LogP contribution in [0, 0.1) is 30.4 Å². The van der Waals surface area contributed by atoms with Crippen LogP contribution in [0.25, 0.3) is 0 Å². The fraction of sp³-hybridized carbons (Fsp3) is 0. The van der Waals surface area contributed by atoms with Gasteiger partial charge in [0.1, 0.15) is 0 Å². The molecule has 0 atom stereocenters. The van der Waals surface area contributed by atoms with Crippen LogP contribution in [-0.2, 0) is 0 Å². The monoisotopic (exact) mass is 153 g/mol. The number of nitrogens with zero attached hydrogens (tertiary/aromatic N) is 3. The van der Waals surface area contributed by atoms with Gasteiger partial charge in [-0.25, -0.2) is 0 Å². The molecular weight excluding hydrogens is 153 g/mol. The summed E-state index contributed by atoms with van der Waals surface area (Å²) in [5.74, 6) is 0. The summed E-state index contributed by atoms with van der Waals surface area (Å²) in [5, 5.41) is 23.7. The summed E-state index contributed by atoms with van der Waals surface area (Å²) in [6.07, 6.45) is 0. The Labute approximate surface area is 45.6 Å². The number of hydrogen-bond acceptors (Lipinski definition) is 3. The third-order valence-corrected chi connectivity index (χ3v) is 1.56. The van der Waals surface area contributed by atoms with Crippen LogP contribution in [0.2, 0.25) is 0 Å². The zero-order valence-corrected chi connectivity index (χ0v) is 5.17. The van der Waals surface area contributed by atoms with Crippen molar-refractivity contribution in [3.8, 4) is 14.6 Å². The first-order valence-electron chi connectivity index (χ1n) is 1.34. The molecule has 0 radical (unpaired) electrons. The first-order valence-corrected chi connectivity index (χ1v) is 4.16. The molecule has 0 heterocycles. The van der Waals surface area contributed by atoms with E-state index in [1.54, 1.807) is 14.6 Å². The van der Waals surface area contributed by atoms with Gasteiger partial charge in [-0.3, -0.25) is 0 Å². The molecule has 0 aliphatic rings. The van der Waals surface area contributed by atoms with E-state index in [-0.39, 0.29) is 0 Å². The predicted molar refractivity (Wildman–Crippen MR) is 22.6 cm³/mol. The minimum atomic E-state index is -2.31. The van der Waals surface area contributed by atoms with Crippen molar-refractivity contribution in [2.45, 2.75) is 0 Å². The van der Waals surface area contributed by atoms with Gasteiger partial charge in [0.05, 0.1) is 0 Å². The maximum atomic E-state index is 7.90. The van der Waals surface area contributed by atoms with E-state index in [2.05, 4.69) is 0 Å². The predicted octanol–water partition coefficient (Wildman–Crippen LogP) is -0.330. The average molecular weight is 153 g/mol. The van der Waals surface area contributed by atoms with Crippen molar-refractivity contribution >= 4 is 14.7 Å². The molecule has 0 amide bonds. The third kappa shape index (κ3) is 1.82. The number of rotatable bonds is 0. The molecule has 0 aromatic carbocycles. The Morgan fingerprint density at radius 3 is 1.14 bits per heavy atom. The van der Waals surface area contributed by atoms with Gasteiger partial charge < -0.3 is 0 Å². The van der Waals surface area contributed by atoms with Crippen LogP contribution < -0.4 is 0 Å². The van der Waals surface area contributed by atoms with Crippen molar-refractivity contribution in [2.75, 3.05) is 0 Å². The van der Waals surface area contributed by atoms with Crippen molar-refractivity contribution in [3.05, 3.63) is 0 Å². The van der Waals surface area contributed by atoms with Crippen molar-refractivity contribution in [2.24, 2.45) is 0 Å². The molecule has 0 aromatic rings. The molecule has 7 heavy (non-hydrogen) atoms. The SMILES string of the molecule is N#C[As](C#N)C#N. The molecule has 0 fully saturated rings. The topological polar surface area (TPSA) is 71.4 Å². The zero-order chi connectivity index (χ0) is 5.70. The number of nitriles is 3. The van der Waals surface area contributed by atoms with E-state index in [0.717, 1.165) is 0 Å². The molecule has 0 aliphatic heterocycles. The van der Waals surface area contributed by atoms with Gasteiger partial charge in [-0.05, 0) is 0 Å². The Hall–Kier alpha value is -0.972. The molecule has 0 bridgehead atoms. The van der Waals surface area contributed by atoms with Gasteiger partial charge in [0.25, 0.3) is 0 Å². The normalized spacial score (nSPS) is 6.00. The van der Waals surface area contributed by atoms with E-state index in [1.807, 2.05) is 0 Å². The van der Waals surface area contributed by atoms with Gasteiger partial charge in [-0.2, -0.15) is 0 Å². The summed E-state index contributed by atoms with van der Waals surface area (Å²) in [6, 6.07) is 0. The van der Waals surface area contributed by atoms with Gasteiger partial charge in [0.2, 0.25) is 0 Å². The molecule has 0 aromatic heterocycles. The van der Waals surface area contributed by atoms with Gasteiger partial charge in [0, 0.05) is 0 Å². The van der Waals surface area contributed by atoms with Crippen LogP contribution >= 0.6 is 0 Å². The Balaban J connectivity index is 3.82. The molecule has 0 unspecified atom stereocenters. The van der Waals surface area contributed by atoms with Gasteiger partial charge in [-0.15, -0.1) is 0 Å². The first-order chi connectivity index (χ1) is 3.35. The van der Waals surface area contributed by atoms with Crippen molar-refractivity contribution in [3.63, 3.8) is 0 Å². The van der Waals surface area contributed by atoms with Crippen LogP contribution in [-0.4, -0.2) is 14.7 Å². The van der Waals surface area contributed by atoms with Gasteiger partial charge >= 0.3 is 45.0 Å². The second kappa shape index (κ2) is 3.23. The molecule has 3 nitrogen and oxygen atoms in total. The molecule has 0 aliphatic carbocycles. The summed E-state index contributed by atoms with van der Waals surface area (Å²) in [5.41, 5.74) is 0. The summed E-state index contributed by atoms with van der Waals surface area (Å²) >= 11 is -2.31. The minimum absolute atomic E-state index is 1.62. The van der Waals surface area contributed by atoms with E-state index >= 15 is 0 Å². The Kier molecular flexibility index (Phi) is 2.78. The van der Waals surface area contributed by atoms with E-state index in [4.69, 9.17) is 15.8 Å². The van der Waals surface area contributed by atoms with E-state index in [9.17, 15) is 0 Å². The van der Waals surface area contributed by atoms with Crippen LogP contribution in [0.3, 0.4) is 0 Å². The fourth-order valence-corrected chi connectivity index (χ4v) is 0.349. The molecule has 0 saturated carbocycles. The quantitative estimate of drug-likeness (QED) is 0.447. The van der Waals surface area contributed by atoms with Crippen molar-refractivity contribution in [1.82, 2.24) is 0 Å². The summed E-state index contributed by atoms with van der Waals surface area (Å²) in [6.45, 7) is 0. The number of hydrogen-bond donors (Lipinski definition) is 0. The summed E-state index contributed by atoms with van der Waals surface area (Å²) in [4.78, 5) is 4.88. The summed E-state index contributed by atoms with van der Waals surface area (Å²) in [7, 11) is 0. The first kappa shape index (κ1) is 6.03. The molecule has 0 spiro atoms. The average Bonchev–Trinajstić information content (AvgIpc) is 1.72. The maximum absolute atomic E-state index is 7.90. The Morgan fingerprint density at radius 1 is 0.857 bits per heavy atom. The molecule has 0 rings (SSSR count). The molecule has 32 valence electrons. The van der Waals surface area contributed by atoms with E-state index < -0.39 is 14.7 Å². The van der Waals surface area contributed by atoms with Crippen LogP contribution in [0.1, 0.15) is 0 Å².